The average molecular weight is 353 g/mol. The Morgan fingerprint density at radius 1 is 1.31 bits per heavy atom. The van der Waals surface area contributed by atoms with Gasteiger partial charge in [-0.05, 0) is 52.9 Å². The van der Waals surface area contributed by atoms with Crippen LogP contribution in [0.25, 0.3) is 16.3 Å². The van der Waals surface area contributed by atoms with Crippen LogP contribution >= 0.6 is 0 Å². The normalized spacial score (nSPS) is 23.2. The first kappa shape index (κ1) is 16.8. The van der Waals surface area contributed by atoms with Crippen molar-refractivity contribution in [2.24, 2.45) is 5.92 Å². The Balaban J connectivity index is 1.86. The van der Waals surface area contributed by atoms with Gasteiger partial charge >= 0.3 is 5.97 Å². The van der Waals surface area contributed by atoms with Crippen molar-refractivity contribution in [1.82, 2.24) is 4.90 Å². The molecule has 2 aromatic carbocycles. The predicted molar refractivity (Wildman–Crippen MR) is 94.8 cm³/mol. The molecule has 0 aliphatic carbocycles. The number of carboxylic acid groups (broad SMARTS) is 1. The highest BCUT2D eigenvalue weighted by Gasteiger charge is 2.56. The van der Waals surface area contributed by atoms with Crippen molar-refractivity contribution in [3.63, 3.8) is 0 Å². The number of amides is 1. The molecule has 3 atom stereocenters. The van der Waals surface area contributed by atoms with Crippen molar-refractivity contribution in [3.05, 3.63) is 53.2 Å². The maximum absolute atomic E-state index is 12.3. The van der Waals surface area contributed by atoms with Gasteiger partial charge in [0.1, 0.15) is 5.70 Å². The summed E-state index contributed by atoms with van der Waals surface area (Å²) >= 11 is 0. The van der Waals surface area contributed by atoms with E-state index in [1.54, 1.807) is 13.0 Å². The first-order valence-electron chi connectivity index (χ1n) is 8.54. The van der Waals surface area contributed by atoms with Crippen LogP contribution in [-0.4, -0.2) is 44.2 Å². The van der Waals surface area contributed by atoms with E-state index in [9.17, 15) is 24.9 Å². The van der Waals surface area contributed by atoms with E-state index in [-0.39, 0.29) is 24.3 Å². The highest BCUT2D eigenvalue weighted by atomic mass is 16.4. The van der Waals surface area contributed by atoms with Crippen LogP contribution in [0.1, 0.15) is 24.5 Å². The molecule has 0 aromatic heterocycles. The lowest BCUT2D eigenvalue weighted by atomic mass is 9.82. The highest BCUT2D eigenvalue weighted by Crippen LogP contribution is 2.47. The number of aliphatic hydroxyl groups is 2. The van der Waals surface area contributed by atoms with Gasteiger partial charge in [-0.25, -0.2) is 4.79 Å². The Kier molecular flexibility index (Phi) is 3.82. The van der Waals surface area contributed by atoms with Crippen LogP contribution in [0.3, 0.4) is 0 Å². The summed E-state index contributed by atoms with van der Waals surface area (Å²) in [4.78, 5) is 25.5. The van der Waals surface area contributed by atoms with E-state index in [1.165, 1.54) is 4.90 Å². The lowest BCUT2D eigenvalue weighted by Gasteiger charge is -2.44. The number of aliphatic carboxylic acids is 1. The Morgan fingerprint density at radius 3 is 2.69 bits per heavy atom. The minimum atomic E-state index is -1.15. The van der Waals surface area contributed by atoms with Crippen molar-refractivity contribution in [3.8, 4) is 0 Å². The number of carbonyl (C=O) groups excluding carboxylic acids is 1. The van der Waals surface area contributed by atoms with Gasteiger partial charge < -0.3 is 20.2 Å². The first-order valence-corrected chi connectivity index (χ1v) is 8.54. The monoisotopic (exact) mass is 353 g/mol. The van der Waals surface area contributed by atoms with Crippen molar-refractivity contribution >= 4 is 28.2 Å². The second kappa shape index (κ2) is 5.93. The molecular formula is C20H19NO5. The molecule has 3 N–H and O–H groups in total. The minimum absolute atomic E-state index is 0.0175. The number of hydrogen-bond acceptors (Lipinski definition) is 4. The first-order chi connectivity index (χ1) is 12.4. The van der Waals surface area contributed by atoms with Crippen LogP contribution in [0, 0.1) is 5.92 Å². The summed E-state index contributed by atoms with van der Waals surface area (Å²) in [5.41, 5.74) is 1.95. The topological polar surface area (TPSA) is 98.1 Å². The maximum atomic E-state index is 12.3. The van der Waals surface area contributed by atoms with Gasteiger partial charge in [-0.1, -0.05) is 24.3 Å². The largest absolute Gasteiger partial charge is 0.477 e. The van der Waals surface area contributed by atoms with Crippen LogP contribution in [-0.2, 0) is 16.2 Å². The van der Waals surface area contributed by atoms with Crippen molar-refractivity contribution in [1.29, 1.82) is 0 Å². The Bertz CT molecular complexity index is 962. The Labute approximate surface area is 150 Å². The number of rotatable bonds is 4. The van der Waals surface area contributed by atoms with E-state index >= 15 is 0 Å². The highest BCUT2D eigenvalue weighted by molar-refractivity contribution is 6.06. The number of carboxylic acids is 1. The standard InChI is InChI=1S/C20H19NO5/c1-10(23)17-16-8-15(18(20(25)26)21(16)19(17)24)12-6-11-4-2-3-5-14(11)13(7-12)9-22/h2-7,10,16-17,22-23H,8-9H2,1H3,(H,25,26)/t10-,16-,17-/m1/s1. The number of carbonyl (C=O) groups is 2. The van der Waals surface area contributed by atoms with Crippen LogP contribution in [0.15, 0.2) is 42.1 Å². The molecule has 6 heteroatoms. The number of β-lactam (4-membered cyclic amide) rings is 1. The molecule has 134 valence electrons. The summed E-state index contributed by atoms with van der Waals surface area (Å²) in [6.07, 6.45) is -0.436. The molecule has 6 nitrogen and oxygen atoms in total. The molecule has 1 amide bonds. The van der Waals surface area contributed by atoms with Crippen LogP contribution in [0.4, 0.5) is 0 Å². The minimum Gasteiger partial charge on any atom is -0.477 e. The molecule has 2 aliphatic rings. The van der Waals surface area contributed by atoms with Gasteiger partial charge in [0.2, 0.25) is 5.91 Å². The molecule has 0 unspecified atom stereocenters. The van der Waals surface area contributed by atoms with Crippen molar-refractivity contribution in [2.75, 3.05) is 0 Å². The molecule has 0 saturated carbocycles. The van der Waals surface area contributed by atoms with E-state index in [4.69, 9.17) is 0 Å². The van der Waals surface area contributed by atoms with E-state index in [0.717, 1.165) is 10.8 Å². The molecule has 1 saturated heterocycles. The zero-order valence-corrected chi connectivity index (χ0v) is 14.2. The van der Waals surface area contributed by atoms with Gasteiger partial charge in [-0.15, -0.1) is 0 Å². The lowest BCUT2D eigenvalue weighted by molar-refractivity contribution is -0.161. The van der Waals surface area contributed by atoms with Crippen molar-refractivity contribution in [2.45, 2.75) is 32.1 Å². The fourth-order valence-corrected chi connectivity index (χ4v) is 4.22. The fraction of sp³-hybridized carbons (Fsp3) is 0.300. The molecule has 2 aliphatic heterocycles. The Morgan fingerprint density at radius 2 is 2.04 bits per heavy atom. The number of benzene rings is 2. The third-order valence-electron chi connectivity index (χ3n) is 5.40. The number of aliphatic hydroxyl groups excluding tert-OH is 2. The summed E-state index contributed by atoms with van der Waals surface area (Å²) in [5, 5.41) is 31.1. The molecule has 0 radical (unpaired) electrons. The lowest BCUT2D eigenvalue weighted by Crippen LogP contribution is -2.61. The van der Waals surface area contributed by atoms with Gasteiger partial charge in [-0.2, -0.15) is 0 Å². The summed E-state index contributed by atoms with van der Waals surface area (Å²) in [6, 6.07) is 10.9. The molecule has 26 heavy (non-hydrogen) atoms. The molecular weight excluding hydrogens is 334 g/mol. The van der Waals surface area contributed by atoms with Gasteiger partial charge in [0, 0.05) is 0 Å². The summed E-state index contributed by atoms with van der Waals surface area (Å²) in [5.74, 6) is -2.07. The van der Waals surface area contributed by atoms with Gasteiger partial charge in [-0.3, -0.25) is 4.79 Å². The number of hydrogen-bond donors (Lipinski definition) is 3. The number of fused-ring (bicyclic) bond motifs is 2. The molecule has 4 rings (SSSR count). The second-order valence-electron chi connectivity index (χ2n) is 6.89. The number of nitrogens with zero attached hydrogens (tertiary/aromatic N) is 1. The van der Waals surface area contributed by atoms with E-state index in [0.29, 0.717) is 23.1 Å². The maximum Gasteiger partial charge on any atom is 0.352 e. The summed E-state index contributed by atoms with van der Waals surface area (Å²) < 4.78 is 0. The van der Waals surface area contributed by atoms with Gasteiger partial charge in [0.05, 0.1) is 24.7 Å². The zero-order valence-electron chi connectivity index (χ0n) is 14.2. The summed E-state index contributed by atoms with van der Waals surface area (Å²) in [6.45, 7) is 1.39. The fourth-order valence-electron chi connectivity index (χ4n) is 4.22. The molecule has 2 heterocycles. The summed E-state index contributed by atoms with van der Waals surface area (Å²) in [7, 11) is 0. The molecule has 1 fully saturated rings. The zero-order chi connectivity index (χ0) is 18.6. The molecule has 2 aromatic rings. The van der Waals surface area contributed by atoms with Crippen LogP contribution in [0.5, 0.6) is 0 Å². The third kappa shape index (κ3) is 2.26. The average Bonchev–Trinajstić information content (AvgIpc) is 2.95. The van der Waals surface area contributed by atoms with Gasteiger partial charge in [0.25, 0.3) is 0 Å². The molecule has 0 bridgehead atoms. The van der Waals surface area contributed by atoms with E-state index < -0.39 is 18.0 Å². The van der Waals surface area contributed by atoms with Crippen molar-refractivity contribution < 1.29 is 24.9 Å². The van der Waals surface area contributed by atoms with Gasteiger partial charge in [0.15, 0.2) is 0 Å². The SMILES string of the molecule is C[C@@H](O)[C@H]1C(=O)N2C(C(=O)O)=C(c3cc(CO)c4ccccc4c3)C[C@H]12. The van der Waals surface area contributed by atoms with E-state index in [1.807, 2.05) is 30.3 Å². The molecule has 0 spiro atoms. The predicted octanol–water partition coefficient (Wildman–Crippen LogP) is 1.74. The smallest absolute Gasteiger partial charge is 0.352 e. The second-order valence-corrected chi connectivity index (χ2v) is 6.89. The van der Waals surface area contributed by atoms with E-state index in [2.05, 4.69) is 0 Å². The van der Waals surface area contributed by atoms with Crippen LogP contribution < -0.4 is 0 Å². The van der Waals surface area contributed by atoms with Crippen LogP contribution in [0.2, 0.25) is 0 Å². The third-order valence-corrected chi connectivity index (χ3v) is 5.40. The Hall–Kier alpha value is -2.70. The quantitative estimate of drug-likeness (QED) is 0.728.